The molecule has 0 rings (SSSR count). The minimum atomic E-state index is -0.978. The van der Waals surface area contributed by atoms with Gasteiger partial charge >= 0.3 is 0 Å². The SMILES string of the molecule is [C-]#[N+]C(C)(C(=O)CCCOCCOCC(=O)CCCOCCOCC(=O)CCCOCCOCC(=O)CCCCCCC(C)C)C(C)C. The Labute approximate surface area is 290 Å². The van der Waals surface area contributed by atoms with Crippen molar-refractivity contribution in [1.82, 2.24) is 0 Å². The molecule has 0 heterocycles. The molecule has 0 radical (unpaired) electrons. The highest BCUT2D eigenvalue weighted by Gasteiger charge is 2.42. The maximum atomic E-state index is 12.3. The smallest absolute Gasteiger partial charge is 0.289 e. The lowest BCUT2D eigenvalue weighted by molar-refractivity contribution is -0.126. The highest BCUT2D eigenvalue weighted by atomic mass is 16.5. The Kier molecular flexibility index (Phi) is 29.6. The van der Waals surface area contributed by atoms with Gasteiger partial charge in [0.1, 0.15) is 19.8 Å². The van der Waals surface area contributed by atoms with E-state index in [1.165, 1.54) is 19.3 Å². The van der Waals surface area contributed by atoms with E-state index in [4.69, 9.17) is 35.0 Å². The predicted molar refractivity (Wildman–Crippen MR) is 185 cm³/mol. The van der Waals surface area contributed by atoms with Crippen LogP contribution < -0.4 is 0 Å². The third kappa shape index (κ3) is 26.8. The lowest BCUT2D eigenvalue weighted by atomic mass is 9.83. The first-order valence-corrected chi connectivity index (χ1v) is 18.0. The Morgan fingerprint density at radius 2 is 0.896 bits per heavy atom. The molecule has 0 saturated heterocycles. The lowest BCUT2D eigenvalue weighted by Gasteiger charge is -2.19. The highest BCUT2D eigenvalue weighted by Crippen LogP contribution is 2.24. The molecule has 0 aromatic rings. The summed E-state index contributed by atoms with van der Waals surface area (Å²) in [5.74, 6) is 0.772. The molecule has 0 amide bonds. The average molecular weight is 684 g/mol. The molecule has 11 nitrogen and oxygen atoms in total. The number of hydrogen-bond acceptors (Lipinski definition) is 10. The van der Waals surface area contributed by atoms with Crippen molar-refractivity contribution in [3.8, 4) is 0 Å². The minimum Gasteiger partial charge on any atom is -0.379 e. The van der Waals surface area contributed by atoms with Crippen LogP contribution in [0.15, 0.2) is 0 Å². The van der Waals surface area contributed by atoms with Gasteiger partial charge in [-0.25, -0.2) is 6.57 Å². The lowest BCUT2D eigenvalue weighted by Crippen LogP contribution is -2.37. The van der Waals surface area contributed by atoms with Crippen molar-refractivity contribution in [3.63, 3.8) is 0 Å². The van der Waals surface area contributed by atoms with Crippen molar-refractivity contribution in [2.45, 2.75) is 117 Å². The molecule has 278 valence electrons. The summed E-state index contributed by atoms with van der Waals surface area (Å²) in [6.45, 7) is 20.7. The number of carbonyl (C=O) groups excluding carboxylic acids is 4. The molecule has 0 aliphatic carbocycles. The quantitative estimate of drug-likeness (QED) is 0.0570. The van der Waals surface area contributed by atoms with E-state index in [2.05, 4.69) is 18.7 Å². The Bertz CT molecular complexity index is 901. The third-order valence-corrected chi connectivity index (χ3v) is 7.99. The van der Waals surface area contributed by atoms with Crippen LogP contribution >= 0.6 is 0 Å². The molecule has 0 spiro atoms. The first kappa shape index (κ1) is 45.9. The van der Waals surface area contributed by atoms with Gasteiger partial charge in [0.25, 0.3) is 5.54 Å². The second-order valence-corrected chi connectivity index (χ2v) is 13.1. The van der Waals surface area contributed by atoms with Crippen LogP contribution in [0.5, 0.6) is 0 Å². The van der Waals surface area contributed by atoms with Crippen LogP contribution in [0.25, 0.3) is 4.85 Å². The van der Waals surface area contributed by atoms with Crippen LogP contribution in [0.2, 0.25) is 0 Å². The number of rotatable bonds is 36. The molecule has 0 aromatic carbocycles. The summed E-state index contributed by atoms with van der Waals surface area (Å²) in [7, 11) is 0. The van der Waals surface area contributed by atoms with Crippen LogP contribution in [0.3, 0.4) is 0 Å². The van der Waals surface area contributed by atoms with Crippen LogP contribution in [-0.4, -0.2) is 108 Å². The highest BCUT2D eigenvalue weighted by molar-refractivity contribution is 5.90. The molecule has 11 heteroatoms. The summed E-state index contributed by atoms with van der Waals surface area (Å²) in [6.07, 6.45) is 9.03. The largest absolute Gasteiger partial charge is 0.379 e. The van der Waals surface area contributed by atoms with E-state index in [0.717, 1.165) is 18.8 Å². The summed E-state index contributed by atoms with van der Waals surface area (Å²) in [5.41, 5.74) is -0.978. The zero-order valence-corrected chi connectivity index (χ0v) is 30.7. The van der Waals surface area contributed by atoms with Gasteiger partial charge in [0.2, 0.25) is 5.78 Å². The van der Waals surface area contributed by atoms with Crippen molar-refractivity contribution in [3.05, 3.63) is 11.4 Å². The maximum Gasteiger partial charge on any atom is 0.289 e. The molecular weight excluding hydrogens is 618 g/mol. The zero-order chi connectivity index (χ0) is 35.9. The molecule has 0 bridgehead atoms. The van der Waals surface area contributed by atoms with Crippen molar-refractivity contribution in [2.24, 2.45) is 11.8 Å². The number of Topliss-reactive ketones (excluding diaryl/α,β-unsaturated/α-hetero) is 4. The number of ether oxygens (including phenoxy) is 6. The molecule has 1 atom stereocenters. The van der Waals surface area contributed by atoms with Gasteiger partial charge < -0.3 is 33.3 Å². The third-order valence-electron chi connectivity index (χ3n) is 7.99. The normalized spacial score (nSPS) is 12.7. The number of carbonyl (C=O) groups is 4. The van der Waals surface area contributed by atoms with E-state index < -0.39 is 5.54 Å². The van der Waals surface area contributed by atoms with E-state index in [-0.39, 0.29) is 48.9 Å². The molecule has 48 heavy (non-hydrogen) atoms. The average Bonchev–Trinajstić information content (AvgIpc) is 3.05. The van der Waals surface area contributed by atoms with Crippen molar-refractivity contribution in [2.75, 3.05) is 79.3 Å². The Morgan fingerprint density at radius 1 is 0.521 bits per heavy atom. The van der Waals surface area contributed by atoms with Crippen molar-refractivity contribution >= 4 is 23.1 Å². The summed E-state index contributed by atoms with van der Waals surface area (Å²) < 4.78 is 32.5. The van der Waals surface area contributed by atoms with E-state index in [1.54, 1.807) is 6.92 Å². The van der Waals surface area contributed by atoms with E-state index >= 15 is 0 Å². The Hall–Kier alpha value is -2.07. The molecule has 1 unspecified atom stereocenters. The molecule has 0 fully saturated rings. The Morgan fingerprint density at radius 3 is 1.29 bits per heavy atom. The van der Waals surface area contributed by atoms with E-state index in [9.17, 15) is 19.2 Å². The van der Waals surface area contributed by atoms with Gasteiger partial charge in [-0.15, -0.1) is 0 Å². The topological polar surface area (TPSA) is 128 Å². The molecule has 0 aliphatic heterocycles. The number of hydrogen-bond donors (Lipinski definition) is 0. The van der Waals surface area contributed by atoms with E-state index in [0.29, 0.717) is 104 Å². The molecule has 0 N–H and O–H groups in total. The summed E-state index contributed by atoms with van der Waals surface area (Å²) >= 11 is 0. The van der Waals surface area contributed by atoms with Crippen molar-refractivity contribution in [1.29, 1.82) is 0 Å². The molecular formula is C37H65NO10. The number of unbranched alkanes of at least 4 members (excludes halogenated alkanes) is 3. The minimum absolute atomic E-state index is 0.00143. The fourth-order valence-corrected chi connectivity index (χ4v) is 4.51. The second kappa shape index (κ2) is 30.9. The monoisotopic (exact) mass is 683 g/mol. The van der Waals surface area contributed by atoms with Gasteiger partial charge in [0.15, 0.2) is 17.3 Å². The number of ketones is 4. The second-order valence-electron chi connectivity index (χ2n) is 13.1. The molecule has 0 aromatic heterocycles. The van der Waals surface area contributed by atoms with Crippen molar-refractivity contribution < 1.29 is 47.6 Å². The summed E-state index contributed by atoms with van der Waals surface area (Å²) in [4.78, 5) is 51.5. The van der Waals surface area contributed by atoms with Crippen LogP contribution in [0.4, 0.5) is 0 Å². The summed E-state index contributed by atoms with van der Waals surface area (Å²) in [6, 6.07) is 0. The van der Waals surface area contributed by atoms with Gasteiger partial charge in [0.05, 0.1) is 39.6 Å². The first-order valence-electron chi connectivity index (χ1n) is 18.0. The first-order chi connectivity index (χ1) is 23.0. The standard InChI is InChI=1S/C37H65NO10/c1-31(2)14-9-7-8-10-15-33(39)28-46-25-22-43-19-11-16-34(40)29-47-26-23-44-20-12-17-35(41)30-48-27-24-45-21-13-18-36(42)37(5,38-6)32(3)4/h31-32H,7-30H2,1-5H3. The van der Waals surface area contributed by atoms with Gasteiger partial charge in [-0.1, -0.05) is 53.4 Å². The predicted octanol–water partition coefficient (Wildman–Crippen LogP) is 6.03. The van der Waals surface area contributed by atoms with Crippen LogP contribution in [0, 0.1) is 18.4 Å². The summed E-state index contributed by atoms with van der Waals surface area (Å²) in [5, 5.41) is 0. The van der Waals surface area contributed by atoms with Crippen LogP contribution in [-0.2, 0) is 47.6 Å². The number of nitrogens with zero attached hydrogens (tertiary/aromatic N) is 1. The zero-order valence-electron chi connectivity index (χ0n) is 30.7. The van der Waals surface area contributed by atoms with Crippen LogP contribution in [0.1, 0.15) is 112 Å². The fraction of sp³-hybridized carbons (Fsp3) is 0.865. The molecule has 0 saturated carbocycles. The maximum absolute atomic E-state index is 12.3. The van der Waals surface area contributed by atoms with Gasteiger partial charge in [0, 0.05) is 58.3 Å². The van der Waals surface area contributed by atoms with Gasteiger partial charge in [-0.2, -0.15) is 0 Å². The van der Waals surface area contributed by atoms with Gasteiger partial charge in [-0.05, 0) is 31.6 Å². The molecule has 0 aliphatic rings. The fourth-order valence-electron chi connectivity index (χ4n) is 4.51. The Balaban J connectivity index is 3.45. The van der Waals surface area contributed by atoms with Gasteiger partial charge in [-0.3, -0.25) is 19.2 Å². The van der Waals surface area contributed by atoms with E-state index in [1.807, 2.05) is 13.8 Å².